The highest BCUT2D eigenvalue weighted by atomic mass is 16.5. The van der Waals surface area contributed by atoms with Crippen LogP contribution in [0, 0.1) is 0 Å². The molecule has 0 spiro atoms. The minimum atomic E-state index is -0.253. The number of methoxy groups -OCH3 is 2. The van der Waals surface area contributed by atoms with Crippen molar-refractivity contribution in [1.82, 2.24) is 4.98 Å². The summed E-state index contributed by atoms with van der Waals surface area (Å²) in [4.78, 5) is 16.7. The molecular formula is C20H19N3O3. The van der Waals surface area contributed by atoms with E-state index in [1.807, 2.05) is 30.3 Å². The van der Waals surface area contributed by atoms with E-state index in [0.717, 1.165) is 5.69 Å². The summed E-state index contributed by atoms with van der Waals surface area (Å²) >= 11 is 0. The van der Waals surface area contributed by atoms with Crippen LogP contribution in [-0.4, -0.2) is 25.1 Å². The molecule has 1 heterocycles. The fraction of sp³-hybridized carbons (Fsp3) is 0.100. The number of hydrogen-bond donors (Lipinski definition) is 2. The number of nitrogens with zero attached hydrogens (tertiary/aromatic N) is 1. The average Bonchev–Trinajstić information content (AvgIpc) is 2.69. The zero-order valence-corrected chi connectivity index (χ0v) is 14.5. The van der Waals surface area contributed by atoms with Gasteiger partial charge in [0.25, 0.3) is 5.91 Å². The molecule has 6 heteroatoms. The number of ether oxygens (including phenoxy) is 2. The van der Waals surface area contributed by atoms with E-state index in [1.54, 1.807) is 43.6 Å². The molecule has 0 radical (unpaired) electrons. The highest BCUT2D eigenvalue weighted by molar-refractivity contribution is 6.04. The third-order valence-electron chi connectivity index (χ3n) is 3.71. The molecule has 0 unspecified atom stereocenters. The number of pyridine rings is 1. The summed E-state index contributed by atoms with van der Waals surface area (Å²) in [6.07, 6.45) is 1.60. The van der Waals surface area contributed by atoms with Crippen molar-refractivity contribution in [1.29, 1.82) is 0 Å². The molecule has 0 bridgehead atoms. The molecule has 3 rings (SSSR count). The molecule has 1 aromatic heterocycles. The van der Waals surface area contributed by atoms with Crippen LogP contribution in [0.2, 0.25) is 0 Å². The Hall–Kier alpha value is -3.54. The molecule has 0 aliphatic heterocycles. The Balaban J connectivity index is 1.68. The number of para-hydroxylation sites is 1. The normalized spacial score (nSPS) is 10.1. The molecule has 0 atom stereocenters. The molecule has 26 heavy (non-hydrogen) atoms. The SMILES string of the molecule is COc1ccc(C(=O)Nc2ccc(Nc3ccccc3)nc2)cc1OC. The van der Waals surface area contributed by atoms with Gasteiger partial charge in [0.1, 0.15) is 5.82 Å². The van der Waals surface area contributed by atoms with Crippen LogP contribution in [0.1, 0.15) is 10.4 Å². The number of carbonyl (C=O) groups is 1. The van der Waals surface area contributed by atoms with Crippen LogP contribution in [0.15, 0.2) is 66.9 Å². The number of anilines is 3. The van der Waals surface area contributed by atoms with Gasteiger partial charge in [-0.15, -0.1) is 0 Å². The Kier molecular flexibility index (Phi) is 5.34. The van der Waals surface area contributed by atoms with Gasteiger partial charge in [-0.1, -0.05) is 18.2 Å². The van der Waals surface area contributed by atoms with E-state index in [0.29, 0.717) is 28.6 Å². The van der Waals surface area contributed by atoms with Crippen LogP contribution in [0.5, 0.6) is 11.5 Å². The van der Waals surface area contributed by atoms with Gasteiger partial charge in [0.2, 0.25) is 0 Å². The van der Waals surface area contributed by atoms with Crippen LogP contribution >= 0.6 is 0 Å². The molecule has 0 aliphatic rings. The van der Waals surface area contributed by atoms with Gasteiger partial charge in [-0.3, -0.25) is 4.79 Å². The molecule has 0 saturated heterocycles. The van der Waals surface area contributed by atoms with Gasteiger partial charge in [0.15, 0.2) is 11.5 Å². The molecule has 2 N–H and O–H groups in total. The van der Waals surface area contributed by atoms with E-state index in [-0.39, 0.29) is 5.91 Å². The highest BCUT2D eigenvalue weighted by Gasteiger charge is 2.11. The average molecular weight is 349 g/mol. The number of hydrogen-bond acceptors (Lipinski definition) is 5. The first-order valence-electron chi connectivity index (χ1n) is 8.01. The van der Waals surface area contributed by atoms with Crippen molar-refractivity contribution in [3.8, 4) is 11.5 Å². The molecule has 132 valence electrons. The molecule has 0 saturated carbocycles. The number of rotatable bonds is 6. The van der Waals surface area contributed by atoms with Gasteiger partial charge in [0.05, 0.1) is 26.1 Å². The van der Waals surface area contributed by atoms with E-state index in [9.17, 15) is 4.79 Å². The van der Waals surface area contributed by atoms with Crippen molar-refractivity contribution in [2.24, 2.45) is 0 Å². The maximum Gasteiger partial charge on any atom is 0.255 e. The zero-order chi connectivity index (χ0) is 18.4. The van der Waals surface area contributed by atoms with E-state index in [2.05, 4.69) is 15.6 Å². The maximum absolute atomic E-state index is 12.4. The van der Waals surface area contributed by atoms with Gasteiger partial charge in [0, 0.05) is 11.3 Å². The molecular weight excluding hydrogens is 330 g/mol. The smallest absolute Gasteiger partial charge is 0.255 e. The minimum Gasteiger partial charge on any atom is -0.493 e. The van der Waals surface area contributed by atoms with Crippen molar-refractivity contribution in [3.05, 3.63) is 72.4 Å². The second-order valence-electron chi connectivity index (χ2n) is 5.45. The standard InChI is InChI=1S/C20H19N3O3/c1-25-17-10-8-14(12-18(17)26-2)20(24)23-16-9-11-19(21-13-16)22-15-6-4-3-5-7-15/h3-13H,1-2H3,(H,21,22)(H,23,24). The third-order valence-corrected chi connectivity index (χ3v) is 3.71. The Bertz CT molecular complexity index is 881. The van der Waals surface area contributed by atoms with Crippen molar-refractivity contribution in [3.63, 3.8) is 0 Å². The summed E-state index contributed by atoms with van der Waals surface area (Å²) in [6.45, 7) is 0. The number of benzene rings is 2. The second-order valence-corrected chi connectivity index (χ2v) is 5.45. The Morgan fingerprint density at radius 2 is 1.65 bits per heavy atom. The fourth-order valence-electron chi connectivity index (χ4n) is 2.39. The Morgan fingerprint density at radius 3 is 2.31 bits per heavy atom. The second kappa shape index (κ2) is 8.02. The van der Waals surface area contributed by atoms with Gasteiger partial charge in [-0.2, -0.15) is 0 Å². The summed E-state index contributed by atoms with van der Waals surface area (Å²) in [5, 5.41) is 6.00. The minimum absolute atomic E-state index is 0.253. The zero-order valence-electron chi connectivity index (χ0n) is 14.5. The van der Waals surface area contributed by atoms with E-state index in [4.69, 9.17) is 9.47 Å². The molecule has 0 fully saturated rings. The lowest BCUT2D eigenvalue weighted by atomic mass is 10.2. The number of amides is 1. The fourth-order valence-corrected chi connectivity index (χ4v) is 2.39. The third kappa shape index (κ3) is 4.10. The van der Waals surface area contributed by atoms with Gasteiger partial charge < -0.3 is 20.1 Å². The van der Waals surface area contributed by atoms with Crippen LogP contribution in [0.3, 0.4) is 0 Å². The van der Waals surface area contributed by atoms with Crippen LogP contribution in [0.25, 0.3) is 0 Å². The summed E-state index contributed by atoms with van der Waals surface area (Å²) in [5.41, 5.74) is 2.01. The van der Waals surface area contributed by atoms with E-state index >= 15 is 0 Å². The number of carbonyl (C=O) groups excluding carboxylic acids is 1. The van der Waals surface area contributed by atoms with Crippen molar-refractivity contribution in [2.45, 2.75) is 0 Å². The van der Waals surface area contributed by atoms with Gasteiger partial charge in [-0.05, 0) is 42.5 Å². The molecule has 1 amide bonds. The Morgan fingerprint density at radius 1 is 0.885 bits per heavy atom. The predicted octanol–water partition coefficient (Wildman–Crippen LogP) is 4.09. The maximum atomic E-state index is 12.4. The Labute approximate surface area is 151 Å². The quantitative estimate of drug-likeness (QED) is 0.701. The first kappa shape index (κ1) is 17.3. The molecule has 0 aliphatic carbocycles. The molecule has 2 aromatic carbocycles. The number of aromatic nitrogens is 1. The summed E-state index contributed by atoms with van der Waals surface area (Å²) in [5.74, 6) is 1.51. The van der Waals surface area contributed by atoms with Gasteiger partial charge >= 0.3 is 0 Å². The lowest BCUT2D eigenvalue weighted by Crippen LogP contribution is -2.12. The first-order valence-corrected chi connectivity index (χ1v) is 8.01. The summed E-state index contributed by atoms with van der Waals surface area (Å²) in [7, 11) is 3.08. The predicted molar refractivity (Wildman–Crippen MR) is 101 cm³/mol. The molecule has 6 nitrogen and oxygen atoms in total. The largest absolute Gasteiger partial charge is 0.493 e. The first-order chi connectivity index (χ1) is 12.7. The van der Waals surface area contributed by atoms with Crippen molar-refractivity contribution >= 4 is 23.1 Å². The lowest BCUT2D eigenvalue weighted by molar-refractivity contribution is 0.102. The van der Waals surface area contributed by atoms with E-state index in [1.165, 1.54) is 7.11 Å². The van der Waals surface area contributed by atoms with Gasteiger partial charge in [-0.25, -0.2) is 4.98 Å². The van der Waals surface area contributed by atoms with Crippen molar-refractivity contribution in [2.75, 3.05) is 24.9 Å². The van der Waals surface area contributed by atoms with Crippen LogP contribution in [-0.2, 0) is 0 Å². The number of nitrogens with one attached hydrogen (secondary N) is 2. The highest BCUT2D eigenvalue weighted by Crippen LogP contribution is 2.28. The summed E-state index contributed by atoms with van der Waals surface area (Å²) < 4.78 is 10.4. The molecule has 3 aromatic rings. The van der Waals surface area contributed by atoms with E-state index < -0.39 is 0 Å². The van der Waals surface area contributed by atoms with Crippen LogP contribution in [0.4, 0.5) is 17.2 Å². The lowest BCUT2D eigenvalue weighted by Gasteiger charge is -2.10. The van der Waals surface area contributed by atoms with Crippen LogP contribution < -0.4 is 20.1 Å². The summed E-state index contributed by atoms with van der Waals surface area (Å²) in [6, 6.07) is 18.3. The van der Waals surface area contributed by atoms with Crippen molar-refractivity contribution < 1.29 is 14.3 Å². The topological polar surface area (TPSA) is 72.5 Å². The monoisotopic (exact) mass is 349 g/mol.